The van der Waals surface area contributed by atoms with Crippen molar-refractivity contribution in [3.8, 4) is 0 Å². The quantitative estimate of drug-likeness (QED) is 0.588. The minimum absolute atomic E-state index is 0.194. The predicted molar refractivity (Wildman–Crippen MR) is 35.1 cm³/mol. The van der Waals surface area contributed by atoms with Gasteiger partial charge in [-0.25, -0.2) is 0 Å². The van der Waals surface area contributed by atoms with Crippen molar-refractivity contribution in [3.05, 3.63) is 0 Å². The molecule has 0 amide bonds. The number of hydrogen-bond donors (Lipinski definition) is 0. The van der Waals surface area contributed by atoms with Crippen LogP contribution in [-0.4, -0.2) is 0 Å². The fraction of sp³-hybridized carbons (Fsp3) is 0. The molecule has 0 spiro atoms. The first kappa shape index (κ1) is 13.4. The van der Waals surface area contributed by atoms with Gasteiger partial charge in [0.15, 0.2) is 0 Å². The van der Waals surface area contributed by atoms with Crippen molar-refractivity contribution < 1.29 is 22.3 Å². The molecule has 0 nitrogen and oxygen atoms in total. The second-order valence-corrected chi connectivity index (χ2v) is 13.1. The molecular formula is Cl6Fe2. The molecule has 58 valence electrons. The summed E-state index contributed by atoms with van der Waals surface area (Å²) < 4.78 is 0. The van der Waals surface area contributed by atoms with Gasteiger partial charge >= 0.3 is 82.9 Å². The van der Waals surface area contributed by atoms with Crippen LogP contribution in [0.5, 0.6) is 0 Å². The van der Waals surface area contributed by atoms with Crippen molar-refractivity contribution in [1.82, 2.24) is 0 Å². The van der Waals surface area contributed by atoms with Crippen molar-refractivity contribution in [2.45, 2.75) is 0 Å². The third kappa shape index (κ3) is 68.8. The summed E-state index contributed by atoms with van der Waals surface area (Å²) in [5.41, 5.74) is 0. The Balaban J connectivity index is 0. The van der Waals surface area contributed by atoms with E-state index >= 15 is 0 Å². The Morgan fingerprint density at radius 3 is 0.875 bits per heavy atom. The zero-order valence-electron chi connectivity index (χ0n) is 2.97. The van der Waals surface area contributed by atoms with E-state index in [9.17, 15) is 0 Å². The van der Waals surface area contributed by atoms with Crippen LogP contribution >= 0.6 is 60.6 Å². The monoisotopic (exact) mass is 322 g/mol. The van der Waals surface area contributed by atoms with Crippen molar-refractivity contribution >= 4 is 60.6 Å². The Kier molecular flexibility index (Phi) is 13.2. The molecule has 0 aliphatic carbocycles. The van der Waals surface area contributed by atoms with Gasteiger partial charge in [-0.05, 0) is 0 Å². The van der Waals surface area contributed by atoms with Gasteiger partial charge in [0.2, 0.25) is 0 Å². The van der Waals surface area contributed by atoms with Gasteiger partial charge in [0.25, 0.3) is 0 Å². The first-order chi connectivity index (χ1) is 3.41. The van der Waals surface area contributed by atoms with Gasteiger partial charge in [-0.15, -0.1) is 0 Å². The van der Waals surface area contributed by atoms with E-state index in [-0.39, 0.29) is 13.1 Å². The fourth-order valence-corrected chi connectivity index (χ4v) is 0. The van der Waals surface area contributed by atoms with Crippen LogP contribution < -0.4 is 0 Å². The summed E-state index contributed by atoms with van der Waals surface area (Å²) in [5.74, 6) is 0. The Labute approximate surface area is 81.8 Å². The Morgan fingerprint density at radius 1 is 0.875 bits per heavy atom. The molecule has 0 rings (SSSR count). The zero-order valence-corrected chi connectivity index (χ0v) is 9.72. The molecular weight excluding hydrogens is 324 g/mol. The maximum atomic E-state index is 4.95. The van der Waals surface area contributed by atoms with Crippen molar-refractivity contribution in [2.24, 2.45) is 0 Å². The maximum absolute atomic E-state index is 4.95. The summed E-state index contributed by atoms with van der Waals surface area (Å²) >= 11 is 0.194. The van der Waals surface area contributed by atoms with Gasteiger partial charge in [-0.2, -0.15) is 0 Å². The first-order valence-electron chi connectivity index (χ1n) is 0.802. The second-order valence-electron chi connectivity index (χ2n) is 0.354. The summed E-state index contributed by atoms with van der Waals surface area (Å²) in [6.07, 6.45) is 0. The SMILES string of the molecule is [Cl][Fe]([Cl])([Cl])[Cl].[Cl][Fe][Cl]. The summed E-state index contributed by atoms with van der Waals surface area (Å²) in [7, 11) is 26.7. The van der Waals surface area contributed by atoms with Gasteiger partial charge in [-0.3, -0.25) is 0 Å². The third-order valence-corrected chi connectivity index (χ3v) is 0. The molecule has 0 saturated heterocycles. The van der Waals surface area contributed by atoms with Crippen LogP contribution in [0.1, 0.15) is 0 Å². The van der Waals surface area contributed by atoms with Crippen LogP contribution in [0.15, 0.2) is 0 Å². The van der Waals surface area contributed by atoms with Crippen LogP contribution in [0.25, 0.3) is 0 Å². The molecule has 0 unspecified atom stereocenters. The van der Waals surface area contributed by atoms with Gasteiger partial charge in [-0.1, -0.05) is 0 Å². The fourth-order valence-electron chi connectivity index (χ4n) is 0. The molecule has 0 aromatic rings. The number of halogens is 6. The summed E-state index contributed by atoms with van der Waals surface area (Å²) in [4.78, 5) is 0. The van der Waals surface area contributed by atoms with Gasteiger partial charge in [0.05, 0.1) is 0 Å². The molecule has 0 N–H and O–H groups in total. The van der Waals surface area contributed by atoms with Crippen molar-refractivity contribution in [3.63, 3.8) is 0 Å². The van der Waals surface area contributed by atoms with Crippen LogP contribution in [0.2, 0.25) is 0 Å². The Morgan fingerprint density at radius 2 is 0.875 bits per heavy atom. The first-order valence-corrected chi connectivity index (χ1v) is 9.92. The van der Waals surface area contributed by atoms with Crippen LogP contribution in [-0.2, 0) is 22.3 Å². The molecule has 0 aliphatic rings. The van der Waals surface area contributed by atoms with E-state index in [0.29, 0.717) is 0 Å². The van der Waals surface area contributed by atoms with E-state index in [1.807, 2.05) is 0 Å². The van der Waals surface area contributed by atoms with E-state index in [2.05, 4.69) is 0 Å². The van der Waals surface area contributed by atoms with E-state index in [1.54, 1.807) is 0 Å². The van der Waals surface area contributed by atoms with Crippen LogP contribution in [0, 0.1) is 0 Å². The number of hydrogen-bond acceptors (Lipinski definition) is 0. The van der Waals surface area contributed by atoms with Gasteiger partial charge < -0.3 is 0 Å². The molecule has 0 aromatic carbocycles. The predicted octanol–water partition coefficient (Wildman–Crippen LogP) is 4.13. The van der Waals surface area contributed by atoms with Crippen molar-refractivity contribution in [1.29, 1.82) is 0 Å². The molecule has 0 atom stereocenters. The molecule has 0 heterocycles. The molecule has 0 radical (unpaired) electrons. The summed E-state index contributed by atoms with van der Waals surface area (Å²) in [6, 6.07) is 0. The molecule has 8 heavy (non-hydrogen) atoms. The van der Waals surface area contributed by atoms with Crippen molar-refractivity contribution in [2.75, 3.05) is 0 Å². The second kappa shape index (κ2) is 7.88. The standard InChI is InChI=1S/6ClH.2Fe/h6*1H;;/q;;;;;;+2;+4/p-6. The van der Waals surface area contributed by atoms with Crippen LogP contribution in [0.3, 0.4) is 0 Å². The van der Waals surface area contributed by atoms with Gasteiger partial charge in [0, 0.05) is 0 Å². The Bertz CT molecular complexity index is 30.3. The Hall–Kier alpha value is 2.78. The van der Waals surface area contributed by atoms with Gasteiger partial charge in [0.1, 0.15) is 0 Å². The molecule has 0 saturated carbocycles. The van der Waals surface area contributed by atoms with Crippen LogP contribution in [0.4, 0.5) is 0 Å². The summed E-state index contributed by atoms with van der Waals surface area (Å²) in [5, 5.41) is 0. The molecule has 0 aliphatic heterocycles. The average molecular weight is 324 g/mol. The van der Waals surface area contributed by atoms with E-state index in [1.165, 1.54) is 0 Å². The molecule has 8 heteroatoms. The third-order valence-electron chi connectivity index (χ3n) is 0. The average Bonchev–Trinajstić information content (AvgIpc) is 1.27. The molecule has 0 aromatic heterocycles. The summed E-state index contributed by atoms with van der Waals surface area (Å²) in [6.45, 7) is 0. The van der Waals surface area contributed by atoms with E-state index in [0.717, 1.165) is 0 Å². The normalized spacial score (nSPS) is 12.2. The number of rotatable bonds is 0. The molecule has 0 bridgehead atoms. The van der Waals surface area contributed by atoms with E-state index < -0.39 is 9.20 Å². The molecule has 0 fully saturated rings. The zero-order chi connectivity index (χ0) is 7.21. The van der Waals surface area contributed by atoms with E-state index in [4.69, 9.17) is 60.6 Å². The topological polar surface area (TPSA) is 0 Å². The minimum atomic E-state index is -2.61.